The van der Waals surface area contributed by atoms with Crippen LogP contribution in [0.25, 0.3) is 0 Å². The van der Waals surface area contributed by atoms with Gasteiger partial charge in [-0.2, -0.15) is 4.80 Å². The first kappa shape index (κ1) is 10.2. The van der Waals surface area contributed by atoms with Gasteiger partial charge >= 0.3 is 0 Å². The number of aryl methyl sites for hydroxylation is 1. The van der Waals surface area contributed by atoms with E-state index in [-0.39, 0.29) is 11.9 Å². The number of hydrogen-bond acceptors (Lipinski definition) is 5. The number of tetrazole rings is 1. The van der Waals surface area contributed by atoms with Crippen LogP contribution >= 0.6 is 27.3 Å². The third kappa shape index (κ3) is 2.39. The zero-order valence-electron chi connectivity index (χ0n) is 7.64. The van der Waals surface area contributed by atoms with Crippen LogP contribution < -0.4 is 5.32 Å². The Hall–Kier alpha value is -1.28. The maximum absolute atomic E-state index is 11.6. The summed E-state index contributed by atoms with van der Waals surface area (Å²) in [6, 6.07) is 1.73. The largest absolute Gasteiger partial charge is 0.288 e. The molecule has 0 aliphatic carbocycles. The fourth-order valence-corrected chi connectivity index (χ4v) is 2.07. The number of rotatable bonds is 2. The molecule has 0 aliphatic rings. The molecule has 0 saturated carbocycles. The Kier molecular flexibility index (Phi) is 2.78. The summed E-state index contributed by atoms with van der Waals surface area (Å²) < 4.78 is 0.903. The number of thiophene rings is 1. The number of halogens is 1. The van der Waals surface area contributed by atoms with E-state index in [9.17, 15) is 4.79 Å². The summed E-state index contributed by atoms with van der Waals surface area (Å²) in [6.07, 6.45) is 0. The van der Waals surface area contributed by atoms with Gasteiger partial charge in [0.05, 0.1) is 16.4 Å². The van der Waals surface area contributed by atoms with Crippen LogP contribution in [0.2, 0.25) is 0 Å². The van der Waals surface area contributed by atoms with E-state index in [0.717, 1.165) is 3.79 Å². The summed E-state index contributed by atoms with van der Waals surface area (Å²) in [4.78, 5) is 12.9. The average molecular weight is 288 g/mol. The van der Waals surface area contributed by atoms with Crippen molar-refractivity contribution in [3.05, 3.63) is 20.8 Å². The number of nitrogens with one attached hydrogen (secondary N) is 1. The van der Waals surface area contributed by atoms with E-state index >= 15 is 0 Å². The molecule has 2 aromatic heterocycles. The van der Waals surface area contributed by atoms with Crippen molar-refractivity contribution in [2.75, 3.05) is 5.32 Å². The van der Waals surface area contributed by atoms with E-state index in [1.165, 1.54) is 16.1 Å². The van der Waals surface area contributed by atoms with E-state index in [2.05, 4.69) is 36.7 Å². The zero-order chi connectivity index (χ0) is 10.8. The van der Waals surface area contributed by atoms with Crippen LogP contribution in [-0.2, 0) is 7.05 Å². The van der Waals surface area contributed by atoms with Gasteiger partial charge in [0, 0.05) is 5.38 Å². The van der Waals surface area contributed by atoms with Crippen molar-refractivity contribution in [2.45, 2.75) is 0 Å². The molecule has 6 nitrogen and oxygen atoms in total. The smallest absolute Gasteiger partial charge is 0.270 e. The number of amides is 1. The van der Waals surface area contributed by atoms with E-state index in [1.54, 1.807) is 18.5 Å². The first-order valence-electron chi connectivity index (χ1n) is 3.94. The SMILES string of the molecule is Cn1nnc(NC(=O)c2csc(Br)c2)n1. The van der Waals surface area contributed by atoms with Crippen molar-refractivity contribution in [2.24, 2.45) is 7.05 Å². The molecule has 0 unspecified atom stereocenters. The molecule has 8 heteroatoms. The molecule has 1 amide bonds. The van der Waals surface area contributed by atoms with Gasteiger partial charge in [-0.1, -0.05) is 5.10 Å². The lowest BCUT2D eigenvalue weighted by Crippen LogP contribution is -2.12. The molecule has 1 N–H and O–H groups in total. The standard InChI is InChI=1S/C7H6BrN5OS/c1-13-11-7(10-12-13)9-6(14)4-2-5(8)15-3-4/h2-3H,1H3,(H,9,11,14). The minimum absolute atomic E-state index is 0.199. The van der Waals surface area contributed by atoms with Crippen molar-refractivity contribution in [3.63, 3.8) is 0 Å². The van der Waals surface area contributed by atoms with Crippen LogP contribution in [0.15, 0.2) is 15.2 Å². The molecule has 2 heterocycles. The number of carbonyl (C=O) groups excluding carboxylic acids is 1. The van der Waals surface area contributed by atoms with Gasteiger partial charge in [0.2, 0.25) is 0 Å². The quantitative estimate of drug-likeness (QED) is 0.903. The van der Waals surface area contributed by atoms with Gasteiger partial charge in [-0.25, -0.2) is 0 Å². The van der Waals surface area contributed by atoms with Crippen molar-refractivity contribution >= 4 is 39.1 Å². The van der Waals surface area contributed by atoms with Crippen LogP contribution in [0.1, 0.15) is 10.4 Å². The second kappa shape index (κ2) is 4.07. The average Bonchev–Trinajstić information content (AvgIpc) is 2.75. The Morgan fingerprint density at radius 3 is 3.00 bits per heavy atom. The Bertz CT molecular complexity index is 493. The van der Waals surface area contributed by atoms with E-state index in [0.29, 0.717) is 5.56 Å². The Morgan fingerprint density at radius 2 is 2.47 bits per heavy atom. The third-order valence-corrected chi connectivity index (χ3v) is 3.07. The van der Waals surface area contributed by atoms with Crippen LogP contribution in [-0.4, -0.2) is 26.1 Å². The second-order valence-electron chi connectivity index (χ2n) is 2.70. The fraction of sp³-hybridized carbons (Fsp3) is 0.143. The second-order valence-corrected chi connectivity index (χ2v) is 4.99. The number of aromatic nitrogens is 4. The third-order valence-electron chi connectivity index (χ3n) is 1.56. The number of anilines is 1. The summed E-state index contributed by atoms with van der Waals surface area (Å²) in [7, 11) is 1.63. The highest BCUT2D eigenvalue weighted by Crippen LogP contribution is 2.20. The lowest BCUT2D eigenvalue weighted by molar-refractivity contribution is 0.102. The molecule has 0 saturated heterocycles. The lowest BCUT2D eigenvalue weighted by Gasteiger charge is -1.95. The molecule has 0 aromatic carbocycles. The summed E-state index contributed by atoms with van der Waals surface area (Å²) >= 11 is 4.72. The minimum Gasteiger partial charge on any atom is -0.288 e. The number of carbonyl (C=O) groups is 1. The highest BCUT2D eigenvalue weighted by molar-refractivity contribution is 9.11. The predicted octanol–water partition coefficient (Wildman–Crippen LogP) is 1.29. The van der Waals surface area contributed by atoms with Crippen molar-refractivity contribution < 1.29 is 4.79 Å². The monoisotopic (exact) mass is 287 g/mol. The fourth-order valence-electron chi connectivity index (χ4n) is 0.937. The van der Waals surface area contributed by atoms with Gasteiger partial charge < -0.3 is 0 Å². The van der Waals surface area contributed by atoms with E-state index < -0.39 is 0 Å². The first-order valence-corrected chi connectivity index (χ1v) is 5.62. The summed E-state index contributed by atoms with van der Waals surface area (Å²) in [5.74, 6) is -0.0465. The van der Waals surface area contributed by atoms with Gasteiger partial charge in [0.1, 0.15) is 0 Å². The summed E-state index contributed by atoms with van der Waals surface area (Å²) in [6.45, 7) is 0. The summed E-state index contributed by atoms with van der Waals surface area (Å²) in [5.41, 5.74) is 0.569. The molecule has 15 heavy (non-hydrogen) atoms. The Morgan fingerprint density at radius 1 is 1.67 bits per heavy atom. The van der Waals surface area contributed by atoms with E-state index in [4.69, 9.17) is 0 Å². The maximum atomic E-state index is 11.6. The molecule has 0 spiro atoms. The van der Waals surface area contributed by atoms with Gasteiger partial charge in [-0.3, -0.25) is 10.1 Å². The van der Waals surface area contributed by atoms with Crippen LogP contribution in [0.3, 0.4) is 0 Å². The molecule has 0 bridgehead atoms. The van der Waals surface area contributed by atoms with Gasteiger partial charge in [-0.05, 0) is 27.2 Å². The van der Waals surface area contributed by atoms with Crippen molar-refractivity contribution in [3.8, 4) is 0 Å². The van der Waals surface area contributed by atoms with Crippen molar-refractivity contribution in [1.82, 2.24) is 20.2 Å². The van der Waals surface area contributed by atoms with Crippen LogP contribution in [0.4, 0.5) is 5.95 Å². The van der Waals surface area contributed by atoms with Crippen LogP contribution in [0, 0.1) is 0 Å². The van der Waals surface area contributed by atoms with Crippen molar-refractivity contribution in [1.29, 1.82) is 0 Å². The Labute approximate surface area is 97.4 Å². The molecule has 0 atom stereocenters. The highest BCUT2D eigenvalue weighted by atomic mass is 79.9. The summed E-state index contributed by atoms with van der Waals surface area (Å²) in [5, 5.41) is 15.4. The predicted molar refractivity (Wildman–Crippen MR) is 58.8 cm³/mol. The zero-order valence-corrected chi connectivity index (χ0v) is 10.0. The van der Waals surface area contributed by atoms with Gasteiger partial charge in [0.15, 0.2) is 0 Å². The molecule has 2 rings (SSSR count). The molecule has 0 fully saturated rings. The molecular weight excluding hydrogens is 282 g/mol. The normalized spacial score (nSPS) is 10.3. The molecular formula is C7H6BrN5OS. The highest BCUT2D eigenvalue weighted by Gasteiger charge is 2.10. The minimum atomic E-state index is -0.245. The first-order chi connectivity index (χ1) is 7.15. The van der Waals surface area contributed by atoms with Crippen LogP contribution in [0.5, 0.6) is 0 Å². The molecule has 0 aliphatic heterocycles. The Balaban J connectivity index is 2.10. The van der Waals surface area contributed by atoms with Gasteiger partial charge in [0.25, 0.3) is 11.9 Å². The number of nitrogens with zero attached hydrogens (tertiary/aromatic N) is 4. The number of hydrogen-bond donors (Lipinski definition) is 1. The molecule has 2 aromatic rings. The van der Waals surface area contributed by atoms with E-state index in [1.807, 2.05) is 0 Å². The molecule has 78 valence electrons. The molecule has 0 radical (unpaired) electrons. The maximum Gasteiger partial charge on any atom is 0.270 e. The van der Waals surface area contributed by atoms with Gasteiger partial charge in [-0.15, -0.1) is 16.4 Å². The lowest BCUT2D eigenvalue weighted by atomic mass is 10.3. The topological polar surface area (TPSA) is 72.7 Å².